The zero-order valence-corrected chi connectivity index (χ0v) is 18.6. The Balaban J connectivity index is 1.88. The summed E-state index contributed by atoms with van der Waals surface area (Å²) in [6.07, 6.45) is -7.72. The van der Waals surface area contributed by atoms with Crippen molar-refractivity contribution in [3.05, 3.63) is 72.1 Å². The highest BCUT2D eigenvalue weighted by Gasteiger charge is 2.39. The minimum atomic E-state index is -4.91. The first-order valence-electron chi connectivity index (χ1n) is 9.36. The third kappa shape index (κ3) is 4.71. The second-order valence-electron chi connectivity index (χ2n) is 7.16. The van der Waals surface area contributed by atoms with Gasteiger partial charge in [0.05, 0.1) is 15.5 Å². The molecule has 0 aliphatic rings. The lowest BCUT2D eigenvalue weighted by Crippen LogP contribution is -2.14. The monoisotopic (exact) mass is 517 g/mol. The zero-order chi connectivity index (χ0) is 24.9. The Hall–Kier alpha value is -3.19. The molecule has 0 saturated heterocycles. The minimum Gasteiger partial charge on any atom is -0.237 e. The van der Waals surface area contributed by atoms with Gasteiger partial charge in [0.1, 0.15) is 5.56 Å². The maximum absolute atomic E-state index is 13.5. The van der Waals surface area contributed by atoms with Crippen LogP contribution in [0.1, 0.15) is 11.3 Å². The standard InChI is InChI=1S/C21H13F6N3O2S2/c1-34(31,32)13-5-2-4-12(10-13)16-7-8-17(33-16)15-11-18(21(25,26)27)29-30(15)19-14(20(22,23)24)6-3-9-28-19/h2-11H,1H3. The molecule has 0 aliphatic carbocycles. The van der Waals surface area contributed by atoms with Gasteiger partial charge in [-0.15, -0.1) is 11.3 Å². The Kier molecular flexibility index (Phi) is 5.80. The van der Waals surface area contributed by atoms with Gasteiger partial charge in [-0.1, -0.05) is 12.1 Å². The van der Waals surface area contributed by atoms with E-state index in [9.17, 15) is 34.8 Å². The molecule has 0 bridgehead atoms. The predicted molar refractivity (Wildman–Crippen MR) is 113 cm³/mol. The molecular formula is C21H13F6N3O2S2. The van der Waals surface area contributed by atoms with E-state index in [4.69, 9.17) is 0 Å². The van der Waals surface area contributed by atoms with Crippen molar-refractivity contribution in [3.8, 4) is 26.8 Å². The van der Waals surface area contributed by atoms with Crippen LogP contribution in [0.5, 0.6) is 0 Å². The maximum Gasteiger partial charge on any atom is 0.435 e. The van der Waals surface area contributed by atoms with E-state index in [0.29, 0.717) is 27.3 Å². The molecule has 0 unspecified atom stereocenters. The smallest absolute Gasteiger partial charge is 0.237 e. The van der Waals surface area contributed by atoms with E-state index in [1.807, 2.05) is 0 Å². The summed E-state index contributed by atoms with van der Waals surface area (Å²) in [7, 11) is -3.50. The van der Waals surface area contributed by atoms with E-state index in [-0.39, 0.29) is 15.5 Å². The van der Waals surface area contributed by atoms with Crippen molar-refractivity contribution >= 4 is 21.2 Å². The maximum atomic E-state index is 13.5. The van der Waals surface area contributed by atoms with E-state index in [1.165, 1.54) is 30.3 Å². The Morgan fingerprint density at radius 2 is 1.59 bits per heavy atom. The number of nitrogens with zero attached hydrogens (tertiary/aromatic N) is 3. The van der Waals surface area contributed by atoms with Crippen LogP contribution in [0.15, 0.2) is 65.7 Å². The molecule has 0 saturated carbocycles. The van der Waals surface area contributed by atoms with E-state index < -0.39 is 39.3 Å². The summed E-state index contributed by atoms with van der Waals surface area (Å²) in [4.78, 5) is 4.38. The van der Waals surface area contributed by atoms with E-state index in [1.54, 1.807) is 6.07 Å². The molecule has 4 aromatic rings. The summed E-state index contributed by atoms with van der Waals surface area (Å²) >= 11 is 0.973. The lowest BCUT2D eigenvalue weighted by Gasteiger charge is -2.13. The first-order chi connectivity index (χ1) is 15.7. The van der Waals surface area contributed by atoms with Gasteiger partial charge >= 0.3 is 12.4 Å². The highest BCUT2D eigenvalue weighted by atomic mass is 32.2. The van der Waals surface area contributed by atoms with Crippen LogP contribution in [0.4, 0.5) is 26.3 Å². The fourth-order valence-corrected chi connectivity index (χ4v) is 4.82. The minimum absolute atomic E-state index is 0.0488. The molecule has 34 heavy (non-hydrogen) atoms. The number of hydrogen-bond acceptors (Lipinski definition) is 5. The van der Waals surface area contributed by atoms with Gasteiger partial charge < -0.3 is 0 Å². The number of rotatable bonds is 4. The number of hydrogen-bond donors (Lipinski definition) is 0. The van der Waals surface area contributed by atoms with Crippen LogP contribution in [0, 0.1) is 0 Å². The summed E-state index contributed by atoms with van der Waals surface area (Å²) in [5.41, 5.74) is -2.39. The van der Waals surface area contributed by atoms with E-state index >= 15 is 0 Å². The Morgan fingerprint density at radius 3 is 2.24 bits per heavy atom. The summed E-state index contributed by atoms with van der Waals surface area (Å²) in [5.74, 6) is -0.797. The number of thiophene rings is 1. The molecular weight excluding hydrogens is 504 g/mol. The summed E-state index contributed by atoms with van der Waals surface area (Å²) in [5, 5.41) is 3.39. The van der Waals surface area contributed by atoms with Gasteiger partial charge in [-0.2, -0.15) is 31.4 Å². The van der Waals surface area contributed by atoms with Crippen molar-refractivity contribution in [2.24, 2.45) is 0 Å². The van der Waals surface area contributed by atoms with Gasteiger partial charge in [-0.05, 0) is 48.0 Å². The van der Waals surface area contributed by atoms with Crippen molar-refractivity contribution in [2.45, 2.75) is 17.2 Å². The van der Waals surface area contributed by atoms with Crippen LogP contribution in [0.2, 0.25) is 0 Å². The second kappa shape index (κ2) is 8.24. The fraction of sp³-hybridized carbons (Fsp3) is 0.143. The average molecular weight is 517 g/mol. The van der Waals surface area contributed by atoms with Gasteiger partial charge in [-0.3, -0.25) is 0 Å². The van der Waals surface area contributed by atoms with Crippen molar-refractivity contribution in [2.75, 3.05) is 6.26 Å². The molecule has 0 amide bonds. The lowest BCUT2D eigenvalue weighted by atomic mass is 10.2. The first kappa shape index (κ1) is 24.0. The van der Waals surface area contributed by atoms with Crippen LogP contribution in [-0.4, -0.2) is 29.4 Å². The highest BCUT2D eigenvalue weighted by Crippen LogP contribution is 2.40. The SMILES string of the molecule is CS(=O)(=O)c1cccc(-c2ccc(-c3cc(C(F)(F)F)nn3-c3ncccc3C(F)(F)F)s2)c1. The molecule has 3 heterocycles. The van der Waals surface area contributed by atoms with Gasteiger partial charge in [0.2, 0.25) is 0 Å². The molecule has 1 aromatic carbocycles. The van der Waals surface area contributed by atoms with Crippen molar-refractivity contribution in [1.82, 2.24) is 14.8 Å². The lowest BCUT2D eigenvalue weighted by molar-refractivity contribution is -0.141. The number of halogens is 6. The molecule has 5 nitrogen and oxygen atoms in total. The number of alkyl halides is 6. The fourth-order valence-electron chi connectivity index (χ4n) is 3.15. The molecule has 0 N–H and O–H groups in total. The third-order valence-electron chi connectivity index (χ3n) is 4.70. The number of pyridine rings is 1. The first-order valence-corrected chi connectivity index (χ1v) is 12.1. The molecule has 0 atom stereocenters. The summed E-state index contributed by atoms with van der Waals surface area (Å²) in [6.45, 7) is 0. The molecule has 4 rings (SSSR count). The number of sulfone groups is 1. The number of benzene rings is 1. The topological polar surface area (TPSA) is 64.8 Å². The van der Waals surface area contributed by atoms with Crippen LogP contribution in [0.25, 0.3) is 26.8 Å². The second-order valence-corrected chi connectivity index (χ2v) is 10.3. The molecule has 0 aliphatic heterocycles. The van der Waals surface area contributed by atoms with Gasteiger partial charge in [0.25, 0.3) is 0 Å². The quantitative estimate of drug-likeness (QED) is 0.307. The Morgan fingerprint density at radius 1 is 0.882 bits per heavy atom. The van der Waals surface area contributed by atoms with Crippen LogP contribution >= 0.6 is 11.3 Å². The Labute approximate surface area is 193 Å². The summed E-state index contributed by atoms with van der Waals surface area (Å²) < 4.78 is 105. The highest BCUT2D eigenvalue weighted by molar-refractivity contribution is 7.90. The zero-order valence-electron chi connectivity index (χ0n) is 17.0. The van der Waals surface area contributed by atoms with Crippen molar-refractivity contribution < 1.29 is 34.8 Å². The van der Waals surface area contributed by atoms with Crippen molar-refractivity contribution in [3.63, 3.8) is 0 Å². The molecule has 0 spiro atoms. The van der Waals surface area contributed by atoms with Crippen LogP contribution in [0.3, 0.4) is 0 Å². The molecule has 13 heteroatoms. The van der Waals surface area contributed by atoms with Crippen molar-refractivity contribution in [1.29, 1.82) is 0 Å². The van der Waals surface area contributed by atoms with Gasteiger partial charge in [0, 0.05) is 17.3 Å². The summed E-state index contributed by atoms with van der Waals surface area (Å²) in [6, 6.07) is 11.3. The molecule has 3 aromatic heterocycles. The van der Waals surface area contributed by atoms with Crippen LogP contribution in [-0.2, 0) is 22.2 Å². The number of aromatic nitrogens is 3. The van der Waals surface area contributed by atoms with Crippen LogP contribution < -0.4 is 0 Å². The van der Waals surface area contributed by atoms with Gasteiger partial charge in [0.15, 0.2) is 21.3 Å². The third-order valence-corrected chi connectivity index (χ3v) is 6.96. The predicted octanol–water partition coefficient (Wildman–Crippen LogP) is 6.10. The Bertz CT molecular complexity index is 1470. The van der Waals surface area contributed by atoms with E-state index in [0.717, 1.165) is 29.9 Å². The van der Waals surface area contributed by atoms with Gasteiger partial charge in [-0.25, -0.2) is 18.1 Å². The normalized spacial score (nSPS) is 12.8. The average Bonchev–Trinajstić information content (AvgIpc) is 3.40. The molecule has 178 valence electrons. The van der Waals surface area contributed by atoms with E-state index in [2.05, 4.69) is 10.1 Å². The molecule has 0 fully saturated rings. The molecule has 0 radical (unpaired) electrons. The largest absolute Gasteiger partial charge is 0.435 e.